The third kappa shape index (κ3) is 8.43. The molecule has 3 heteroatoms. The maximum atomic E-state index is 10.1. The molecule has 1 rings (SSSR count). The highest BCUT2D eigenvalue weighted by Gasteiger charge is 2.10. The fourth-order valence-corrected chi connectivity index (χ4v) is 2.88. The minimum Gasteiger partial charge on any atom is -0.388 e. The van der Waals surface area contributed by atoms with Gasteiger partial charge >= 0.3 is 0 Å². The van der Waals surface area contributed by atoms with Crippen LogP contribution in [0.25, 0.3) is 0 Å². The molecule has 1 aromatic rings. The Morgan fingerprint density at radius 2 is 1.57 bits per heavy atom. The summed E-state index contributed by atoms with van der Waals surface area (Å²) in [5.74, 6) is 0. The molecule has 1 heterocycles. The van der Waals surface area contributed by atoms with E-state index in [1.54, 1.807) is 12.4 Å². The zero-order valence-corrected chi connectivity index (χ0v) is 14.1. The summed E-state index contributed by atoms with van der Waals surface area (Å²) in [7, 11) is 0. The van der Waals surface area contributed by atoms with Gasteiger partial charge in [0.15, 0.2) is 0 Å². The largest absolute Gasteiger partial charge is 0.388 e. The van der Waals surface area contributed by atoms with Crippen molar-refractivity contribution in [1.29, 1.82) is 0 Å². The van der Waals surface area contributed by atoms with E-state index in [0.717, 1.165) is 18.4 Å². The molecule has 1 aromatic heterocycles. The van der Waals surface area contributed by atoms with Crippen LogP contribution in [0, 0.1) is 0 Å². The Morgan fingerprint density at radius 1 is 1.00 bits per heavy atom. The lowest BCUT2D eigenvalue weighted by atomic mass is 10.0. The predicted octanol–water partition coefficient (Wildman–Crippen LogP) is 6.08. The van der Waals surface area contributed by atoms with Gasteiger partial charge in [-0.3, -0.25) is 4.98 Å². The highest BCUT2D eigenvalue weighted by molar-refractivity contribution is 6.31. The van der Waals surface area contributed by atoms with Crippen molar-refractivity contribution in [3.05, 3.63) is 29.0 Å². The van der Waals surface area contributed by atoms with Gasteiger partial charge in [0.2, 0.25) is 0 Å². The summed E-state index contributed by atoms with van der Waals surface area (Å²) in [6.45, 7) is 2.26. The van der Waals surface area contributed by atoms with Crippen molar-refractivity contribution in [3.63, 3.8) is 0 Å². The van der Waals surface area contributed by atoms with E-state index < -0.39 is 6.10 Å². The maximum Gasteiger partial charge on any atom is 0.0805 e. The molecule has 0 saturated carbocycles. The molecule has 0 radical (unpaired) electrons. The summed E-state index contributed by atoms with van der Waals surface area (Å²) in [4.78, 5) is 3.94. The number of hydrogen-bond donors (Lipinski definition) is 1. The SMILES string of the molecule is CCCCCCCCCCCCC(O)c1ccncc1Cl. The number of nitrogens with zero attached hydrogens (tertiary/aromatic N) is 1. The molecule has 0 fully saturated rings. The molecule has 0 spiro atoms. The molecule has 0 bridgehead atoms. The van der Waals surface area contributed by atoms with Gasteiger partial charge in [0, 0.05) is 18.0 Å². The Balaban J connectivity index is 1.98. The first kappa shape index (κ1) is 18.4. The Morgan fingerprint density at radius 3 is 2.14 bits per heavy atom. The lowest BCUT2D eigenvalue weighted by Gasteiger charge is -2.12. The van der Waals surface area contributed by atoms with Crippen molar-refractivity contribution in [3.8, 4) is 0 Å². The minimum atomic E-state index is -0.449. The Labute approximate surface area is 134 Å². The highest BCUT2D eigenvalue weighted by Crippen LogP contribution is 2.25. The van der Waals surface area contributed by atoms with Gasteiger partial charge in [-0.05, 0) is 12.5 Å². The molecule has 0 aliphatic heterocycles. The first-order chi connectivity index (χ1) is 10.3. The van der Waals surface area contributed by atoms with Crippen LogP contribution in [0.15, 0.2) is 18.5 Å². The fraction of sp³-hybridized carbons (Fsp3) is 0.722. The van der Waals surface area contributed by atoms with E-state index in [-0.39, 0.29) is 0 Å². The van der Waals surface area contributed by atoms with Gasteiger partial charge in [-0.25, -0.2) is 0 Å². The lowest BCUT2D eigenvalue weighted by molar-refractivity contribution is 0.163. The van der Waals surface area contributed by atoms with Crippen LogP contribution in [0.3, 0.4) is 0 Å². The number of rotatable bonds is 12. The second-order valence-corrected chi connectivity index (χ2v) is 6.29. The summed E-state index contributed by atoms with van der Waals surface area (Å²) < 4.78 is 0. The molecule has 0 saturated heterocycles. The summed E-state index contributed by atoms with van der Waals surface area (Å²) in [6.07, 6.45) is 16.8. The van der Waals surface area contributed by atoms with Gasteiger partial charge < -0.3 is 5.11 Å². The van der Waals surface area contributed by atoms with Crippen LogP contribution in [-0.4, -0.2) is 10.1 Å². The van der Waals surface area contributed by atoms with Crippen molar-refractivity contribution in [2.24, 2.45) is 0 Å². The van der Waals surface area contributed by atoms with Gasteiger partial charge in [0.25, 0.3) is 0 Å². The van der Waals surface area contributed by atoms with Gasteiger partial charge in [-0.1, -0.05) is 82.7 Å². The molecular formula is C18H30ClNO. The molecule has 0 aliphatic rings. The second kappa shape index (κ2) is 12.0. The minimum absolute atomic E-state index is 0.449. The number of aliphatic hydroxyl groups is 1. The van der Waals surface area contributed by atoms with E-state index in [4.69, 9.17) is 11.6 Å². The maximum absolute atomic E-state index is 10.1. The Bertz CT molecular complexity index is 370. The molecule has 0 aromatic carbocycles. The summed E-state index contributed by atoms with van der Waals surface area (Å²) >= 11 is 6.03. The van der Waals surface area contributed by atoms with Crippen LogP contribution in [0.5, 0.6) is 0 Å². The highest BCUT2D eigenvalue weighted by atomic mass is 35.5. The number of aromatic nitrogens is 1. The van der Waals surface area contributed by atoms with Gasteiger partial charge in [-0.2, -0.15) is 0 Å². The molecule has 0 aliphatic carbocycles. The summed E-state index contributed by atoms with van der Waals surface area (Å²) in [5.41, 5.74) is 0.808. The van der Waals surface area contributed by atoms with Crippen LogP contribution in [0.2, 0.25) is 5.02 Å². The number of hydrogen-bond acceptors (Lipinski definition) is 2. The van der Waals surface area contributed by atoms with E-state index in [1.807, 2.05) is 6.07 Å². The molecule has 1 unspecified atom stereocenters. The summed E-state index contributed by atoms with van der Waals surface area (Å²) in [5, 5.41) is 10.7. The van der Waals surface area contributed by atoms with Gasteiger partial charge in [0.05, 0.1) is 11.1 Å². The van der Waals surface area contributed by atoms with E-state index in [1.165, 1.54) is 57.8 Å². The Hall–Kier alpha value is -0.600. The molecule has 1 atom stereocenters. The smallest absolute Gasteiger partial charge is 0.0805 e. The molecule has 0 amide bonds. The standard InChI is InChI=1S/C18H30ClNO/c1-2-3-4-5-6-7-8-9-10-11-12-18(21)16-13-14-20-15-17(16)19/h13-15,18,21H,2-12H2,1H3. The molecule has 2 nitrogen and oxygen atoms in total. The average Bonchev–Trinajstić information content (AvgIpc) is 2.49. The van der Waals surface area contributed by atoms with Gasteiger partial charge in [-0.15, -0.1) is 0 Å². The van der Waals surface area contributed by atoms with Crippen LogP contribution >= 0.6 is 11.6 Å². The number of pyridine rings is 1. The van der Waals surface area contributed by atoms with Crippen molar-refractivity contribution >= 4 is 11.6 Å². The van der Waals surface area contributed by atoms with Crippen molar-refractivity contribution in [2.75, 3.05) is 0 Å². The van der Waals surface area contributed by atoms with E-state index in [2.05, 4.69) is 11.9 Å². The topological polar surface area (TPSA) is 33.1 Å². The second-order valence-electron chi connectivity index (χ2n) is 5.88. The number of unbranched alkanes of at least 4 members (excludes halogenated alkanes) is 9. The van der Waals surface area contributed by atoms with Crippen LogP contribution in [-0.2, 0) is 0 Å². The quantitative estimate of drug-likeness (QED) is 0.474. The third-order valence-electron chi connectivity index (χ3n) is 3.99. The first-order valence-corrected chi connectivity index (χ1v) is 8.91. The first-order valence-electron chi connectivity index (χ1n) is 8.53. The Kier molecular flexibility index (Phi) is 10.5. The lowest BCUT2D eigenvalue weighted by Crippen LogP contribution is -1.98. The van der Waals surface area contributed by atoms with Crippen LogP contribution in [0.1, 0.15) is 89.2 Å². The van der Waals surface area contributed by atoms with Crippen LogP contribution < -0.4 is 0 Å². The van der Waals surface area contributed by atoms with E-state index >= 15 is 0 Å². The zero-order chi connectivity index (χ0) is 15.3. The van der Waals surface area contributed by atoms with Crippen LogP contribution in [0.4, 0.5) is 0 Å². The molecular weight excluding hydrogens is 282 g/mol. The van der Waals surface area contributed by atoms with Crippen molar-refractivity contribution in [1.82, 2.24) is 4.98 Å². The predicted molar refractivity (Wildman–Crippen MR) is 90.7 cm³/mol. The fourth-order valence-electron chi connectivity index (χ4n) is 2.64. The molecule has 21 heavy (non-hydrogen) atoms. The number of aliphatic hydroxyl groups excluding tert-OH is 1. The normalized spacial score (nSPS) is 12.5. The van der Waals surface area contributed by atoms with E-state index in [9.17, 15) is 5.11 Å². The van der Waals surface area contributed by atoms with Crippen molar-refractivity contribution in [2.45, 2.75) is 83.7 Å². The van der Waals surface area contributed by atoms with E-state index in [0.29, 0.717) is 5.02 Å². The monoisotopic (exact) mass is 311 g/mol. The van der Waals surface area contributed by atoms with Gasteiger partial charge in [0.1, 0.15) is 0 Å². The number of halogens is 1. The molecule has 1 N–H and O–H groups in total. The zero-order valence-electron chi connectivity index (χ0n) is 13.4. The van der Waals surface area contributed by atoms with Crippen molar-refractivity contribution < 1.29 is 5.11 Å². The third-order valence-corrected chi connectivity index (χ3v) is 4.31. The summed E-state index contributed by atoms with van der Waals surface area (Å²) in [6, 6.07) is 1.81. The average molecular weight is 312 g/mol. The molecule has 120 valence electrons.